The largest absolute Gasteiger partial charge is 0.357 e. The minimum Gasteiger partial charge on any atom is -0.357 e. The highest BCUT2D eigenvalue weighted by atomic mass is 15.2. The molecule has 0 amide bonds. The fraction of sp³-hybridized carbons (Fsp3) is 0.385. The van der Waals surface area contributed by atoms with Gasteiger partial charge in [-0.1, -0.05) is 0 Å². The number of anilines is 1. The Labute approximate surface area is 198 Å². The van der Waals surface area contributed by atoms with Crippen molar-refractivity contribution in [3.8, 4) is 28.3 Å². The Morgan fingerprint density at radius 1 is 1.06 bits per heavy atom. The molecule has 0 radical (unpaired) electrons. The number of nitrogens with zero attached hydrogens (tertiary/aromatic N) is 6. The number of hydrogen-bond acceptors (Lipinski definition) is 6. The molecule has 8 heteroatoms. The second-order valence-electron chi connectivity index (χ2n) is 9.69. The SMILES string of the molecule is Cc1[nH]ncc1-c1cc(-c2ccc(N3CCC4(CCCNC4)CC3)nc2)c2c(C#N)cnn2c1. The van der Waals surface area contributed by atoms with E-state index < -0.39 is 0 Å². The molecule has 0 atom stereocenters. The highest BCUT2D eigenvalue weighted by Gasteiger charge is 2.35. The molecule has 2 N–H and O–H groups in total. The van der Waals surface area contributed by atoms with Gasteiger partial charge in [0.2, 0.25) is 0 Å². The Bertz CT molecular complexity index is 1360. The molecule has 0 bridgehead atoms. The van der Waals surface area contributed by atoms with E-state index in [0.29, 0.717) is 11.0 Å². The Kier molecular flexibility index (Phi) is 5.07. The molecular formula is C26H28N8. The zero-order chi connectivity index (χ0) is 23.1. The van der Waals surface area contributed by atoms with Crippen LogP contribution in [0, 0.1) is 23.7 Å². The molecule has 0 unspecified atom stereocenters. The van der Waals surface area contributed by atoms with Gasteiger partial charge in [-0.2, -0.15) is 15.5 Å². The van der Waals surface area contributed by atoms with Gasteiger partial charge in [0.15, 0.2) is 0 Å². The summed E-state index contributed by atoms with van der Waals surface area (Å²) >= 11 is 0. The van der Waals surface area contributed by atoms with Gasteiger partial charge in [-0.3, -0.25) is 5.10 Å². The van der Waals surface area contributed by atoms with E-state index in [1.807, 2.05) is 25.5 Å². The van der Waals surface area contributed by atoms with Crippen LogP contribution in [0.5, 0.6) is 0 Å². The minimum atomic E-state index is 0.474. The first-order valence-corrected chi connectivity index (χ1v) is 12.0. The molecule has 4 aromatic rings. The first-order chi connectivity index (χ1) is 16.7. The van der Waals surface area contributed by atoms with Crippen molar-refractivity contribution < 1.29 is 0 Å². The van der Waals surface area contributed by atoms with Crippen molar-refractivity contribution in [3.63, 3.8) is 0 Å². The van der Waals surface area contributed by atoms with Crippen molar-refractivity contribution in [2.45, 2.75) is 32.6 Å². The summed E-state index contributed by atoms with van der Waals surface area (Å²) in [6.07, 6.45) is 12.4. The van der Waals surface area contributed by atoms with Crippen molar-refractivity contribution in [1.29, 1.82) is 5.26 Å². The van der Waals surface area contributed by atoms with E-state index in [0.717, 1.165) is 65.5 Å². The number of pyridine rings is 2. The highest BCUT2D eigenvalue weighted by Crippen LogP contribution is 2.39. The normalized spacial score (nSPS) is 17.8. The quantitative estimate of drug-likeness (QED) is 0.489. The van der Waals surface area contributed by atoms with Crippen LogP contribution in [-0.2, 0) is 0 Å². The molecule has 1 spiro atoms. The van der Waals surface area contributed by atoms with Gasteiger partial charge in [0.25, 0.3) is 0 Å². The van der Waals surface area contributed by atoms with Crippen LogP contribution >= 0.6 is 0 Å². The number of aryl methyl sites for hydroxylation is 1. The second kappa shape index (κ2) is 8.26. The Morgan fingerprint density at radius 2 is 1.94 bits per heavy atom. The van der Waals surface area contributed by atoms with Gasteiger partial charge < -0.3 is 10.2 Å². The Hall–Kier alpha value is -3.70. The average molecular weight is 453 g/mol. The van der Waals surface area contributed by atoms with E-state index in [2.05, 4.69) is 49.8 Å². The van der Waals surface area contributed by atoms with Crippen LogP contribution in [-0.4, -0.2) is 51.0 Å². The number of fused-ring (bicyclic) bond motifs is 1. The first-order valence-electron chi connectivity index (χ1n) is 12.0. The van der Waals surface area contributed by atoms with Gasteiger partial charge in [0.05, 0.1) is 23.5 Å². The molecule has 2 aliphatic rings. The van der Waals surface area contributed by atoms with Crippen LogP contribution in [0.25, 0.3) is 27.8 Å². The van der Waals surface area contributed by atoms with Crippen molar-refractivity contribution >= 4 is 11.3 Å². The fourth-order valence-corrected chi connectivity index (χ4v) is 5.61. The van der Waals surface area contributed by atoms with Crippen LogP contribution in [0.4, 0.5) is 5.82 Å². The number of aromatic nitrogens is 5. The lowest BCUT2D eigenvalue weighted by Gasteiger charge is -2.44. The van der Waals surface area contributed by atoms with E-state index >= 15 is 0 Å². The summed E-state index contributed by atoms with van der Waals surface area (Å²) in [6, 6.07) is 8.61. The predicted molar refractivity (Wildman–Crippen MR) is 131 cm³/mol. The summed E-state index contributed by atoms with van der Waals surface area (Å²) in [5, 5.41) is 24.9. The summed E-state index contributed by atoms with van der Waals surface area (Å²) in [6.45, 7) is 6.41. The molecule has 6 heterocycles. The van der Waals surface area contributed by atoms with Crippen LogP contribution in [0.15, 0.2) is 43.0 Å². The molecule has 2 fully saturated rings. The van der Waals surface area contributed by atoms with Crippen molar-refractivity contribution in [2.75, 3.05) is 31.1 Å². The standard InChI is InChI=1S/C26H28N8/c1-18-23(15-30-32-18)20-11-22(25-21(12-27)14-31-34(25)16-20)19-3-4-24(29-13-19)33-9-6-26(7-10-33)5-2-8-28-17-26/h3-4,11,13-16,28H,2,5-10,17H2,1H3,(H,30,32). The maximum absolute atomic E-state index is 9.67. The monoisotopic (exact) mass is 452 g/mol. The highest BCUT2D eigenvalue weighted by molar-refractivity contribution is 5.87. The van der Waals surface area contributed by atoms with Crippen molar-refractivity contribution in [3.05, 3.63) is 54.2 Å². The number of H-pyrrole nitrogens is 1. The lowest BCUT2D eigenvalue weighted by molar-refractivity contribution is 0.161. The molecule has 4 aromatic heterocycles. The third kappa shape index (κ3) is 3.53. The molecule has 2 saturated heterocycles. The van der Waals surface area contributed by atoms with Gasteiger partial charge in [-0.15, -0.1) is 0 Å². The van der Waals surface area contributed by atoms with E-state index in [-0.39, 0.29) is 0 Å². The molecule has 0 aliphatic carbocycles. The molecule has 6 rings (SSSR count). The molecule has 0 saturated carbocycles. The molecule has 2 aliphatic heterocycles. The molecule has 34 heavy (non-hydrogen) atoms. The second-order valence-corrected chi connectivity index (χ2v) is 9.69. The smallest absolute Gasteiger partial charge is 0.128 e. The van der Waals surface area contributed by atoms with Gasteiger partial charge in [0.1, 0.15) is 11.9 Å². The summed E-state index contributed by atoms with van der Waals surface area (Å²) in [4.78, 5) is 7.25. The third-order valence-electron chi connectivity index (χ3n) is 7.64. The molecular weight excluding hydrogens is 424 g/mol. The van der Waals surface area contributed by atoms with Crippen molar-refractivity contribution in [2.24, 2.45) is 5.41 Å². The van der Waals surface area contributed by atoms with Gasteiger partial charge >= 0.3 is 0 Å². The van der Waals surface area contributed by atoms with Gasteiger partial charge in [-0.25, -0.2) is 9.50 Å². The number of aromatic amines is 1. The van der Waals surface area contributed by atoms with Gasteiger partial charge in [-0.05, 0) is 62.8 Å². The number of nitrogens with one attached hydrogen (secondary N) is 2. The maximum Gasteiger partial charge on any atom is 0.128 e. The number of rotatable bonds is 3. The van der Waals surface area contributed by atoms with Crippen LogP contribution in [0.3, 0.4) is 0 Å². The van der Waals surface area contributed by atoms with Crippen molar-refractivity contribution in [1.82, 2.24) is 30.1 Å². The molecule has 172 valence electrons. The van der Waals surface area contributed by atoms with E-state index in [9.17, 15) is 5.26 Å². The summed E-state index contributed by atoms with van der Waals surface area (Å²) < 4.78 is 1.78. The average Bonchev–Trinajstić information content (AvgIpc) is 3.50. The lowest BCUT2D eigenvalue weighted by atomic mass is 9.73. The fourth-order valence-electron chi connectivity index (χ4n) is 5.61. The first kappa shape index (κ1) is 20.9. The Morgan fingerprint density at radius 3 is 2.62 bits per heavy atom. The topological polar surface area (TPSA) is 97.9 Å². The van der Waals surface area contributed by atoms with E-state index in [1.165, 1.54) is 25.7 Å². The van der Waals surface area contributed by atoms with Crippen LogP contribution in [0.1, 0.15) is 36.9 Å². The van der Waals surface area contributed by atoms with Crippen LogP contribution in [0.2, 0.25) is 0 Å². The number of hydrogen-bond donors (Lipinski definition) is 2. The van der Waals surface area contributed by atoms with Gasteiger partial charge in [0, 0.05) is 60.0 Å². The predicted octanol–water partition coefficient (Wildman–Crippen LogP) is 3.94. The lowest BCUT2D eigenvalue weighted by Crippen LogP contribution is -2.48. The van der Waals surface area contributed by atoms with E-state index in [1.54, 1.807) is 10.7 Å². The maximum atomic E-state index is 9.67. The third-order valence-corrected chi connectivity index (χ3v) is 7.64. The zero-order valence-electron chi connectivity index (χ0n) is 19.4. The number of piperidine rings is 2. The summed E-state index contributed by atoms with van der Waals surface area (Å²) in [5.41, 5.74) is 6.73. The molecule has 0 aromatic carbocycles. The minimum absolute atomic E-state index is 0.474. The zero-order valence-corrected chi connectivity index (χ0v) is 19.4. The number of nitriles is 1. The summed E-state index contributed by atoms with van der Waals surface area (Å²) in [5.74, 6) is 1.02. The summed E-state index contributed by atoms with van der Waals surface area (Å²) in [7, 11) is 0. The molecule has 8 nitrogen and oxygen atoms in total. The Balaban J connectivity index is 1.32. The van der Waals surface area contributed by atoms with E-state index in [4.69, 9.17) is 4.98 Å². The van der Waals surface area contributed by atoms with Crippen LogP contribution < -0.4 is 10.2 Å².